The Labute approximate surface area is 155 Å². The molecule has 24 heavy (non-hydrogen) atoms. The van der Waals surface area contributed by atoms with Gasteiger partial charge >= 0.3 is 5.97 Å². The molecule has 1 aliphatic heterocycles. The van der Waals surface area contributed by atoms with E-state index in [2.05, 4.69) is 64.2 Å². The molecule has 0 aliphatic carbocycles. The van der Waals surface area contributed by atoms with Gasteiger partial charge in [0.25, 0.3) is 0 Å². The molecule has 2 heterocycles. The van der Waals surface area contributed by atoms with E-state index in [0.29, 0.717) is 6.54 Å². The number of aliphatic carboxylic acids is 1. The monoisotopic (exact) mass is 407 g/mol. The number of likely N-dealkylation sites (tertiary alicyclic amines) is 1. The largest absolute Gasteiger partial charge is 0.481 e. The van der Waals surface area contributed by atoms with Crippen molar-refractivity contribution < 1.29 is 9.90 Å². The molecule has 1 N–H and O–H groups in total. The molecular weight excluding hydrogens is 386 g/mol. The van der Waals surface area contributed by atoms with Crippen LogP contribution in [0.3, 0.4) is 0 Å². The first-order chi connectivity index (χ1) is 11.6. The number of carboxylic acid groups (broad SMARTS) is 1. The lowest BCUT2D eigenvalue weighted by Crippen LogP contribution is -2.41. The highest BCUT2D eigenvalue weighted by Gasteiger charge is 2.31. The van der Waals surface area contributed by atoms with Crippen molar-refractivity contribution in [2.45, 2.75) is 32.2 Å². The second-order valence-corrected chi connectivity index (χ2v) is 8.40. The van der Waals surface area contributed by atoms with Gasteiger partial charge in [0.2, 0.25) is 0 Å². The van der Waals surface area contributed by atoms with Gasteiger partial charge in [-0.05, 0) is 55.6 Å². The maximum atomic E-state index is 11.5. The van der Waals surface area contributed by atoms with E-state index in [1.807, 2.05) is 11.3 Å². The average molecular weight is 408 g/mol. The van der Waals surface area contributed by atoms with Crippen molar-refractivity contribution in [2.24, 2.45) is 5.92 Å². The standard InChI is InChI=1S/C19H22BrNO2S/c1-2-16-9-10-17(24-16)18(13-5-7-15(20)8-6-13)21-11-3-4-14(12-21)19(22)23/h5-10,14,18H,2-4,11-12H2,1H3,(H,22,23). The number of hydrogen-bond acceptors (Lipinski definition) is 3. The average Bonchev–Trinajstić information content (AvgIpc) is 3.06. The second-order valence-electron chi connectivity index (χ2n) is 6.28. The molecule has 2 unspecified atom stereocenters. The molecule has 3 nitrogen and oxygen atoms in total. The number of carbonyl (C=O) groups is 1. The van der Waals surface area contributed by atoms with Gasteiger partial charge in [-0.25, -0.2) is 0 Å². The summed E-state index contributed by atoms with van der Waals surface area (Å²) in [4.78, 5) is 16.5. The molecule has 0 amide bonds. The zero-order valence-corrected chi connectivity index (χ0v) is 16.1. The van der Waals surface area contributed by atoms with E-state index in [1.165, 1.54) is 15.3 Å². The van der Waals surface area contributed by atoms with Gasteiger partial charge in [-0.3, -0.25) is 9.69 Å². The first kappa shape index (κ1) is 17.6. The first-order valence-corrected chi connectivity index (χ1v) is 10.0. The van der Waals surface area contributed by atoms with Crippen molar-refractivity contribution in [1.29, 1.82) is 0 Å². The van der Waals surface area contributed by atoms with Crippen molar-refractivity contribution >= 4 is 33.2 Å². The highest BCUT2D eigenvalue weighted by atomic mass is 79.9. The Morgan fingerprint density at radius 3 is 2.71 bits per heavy atom. The van der Waals surface area contributed by atoms with Crippen LogP contribution in [0, 0.1) is 5.92 Å². The predicted octanol–water partition coefficient (Wildman–Crippen LogP) is 4.96. The van der Waals surface area contributed by atoms with Crippen LogP contribution in [0.5, 0.6) is 0 Å². The number of piperidine rings is 1. The van der Waals surface area contributed by atoms with Crippen LogP contribution in [0.1, 0.15) is 41.1 Å². The first-order valence-electron chi connectivity index (χ1n) is 8.39. The molecule has 2 atom stereocenters. The molecule has 1 aromatic heterocycles. The summed E-state index contributed by atoms with van der Waals surface area (Å²) in [5.41, 5.74) is 1.23. The molecule has 1 aliphatic rings. The zero-order valence-electron chi connectivity index (χ0n) is 13.7. The number of nitrogens with zero attached hydrogens (tertiary/aromatic N) is 1. The number of halogens is 1. The van der Waals surface area contributed by atoms with Crippen LogP contribution in [0.2, 0.25) is 0 Å². The Morgan fingerprint density at radius 2 is 2.08 bits per heavy atom. The lowest BCUT2D eigenvalue weighted by molar-refractivity contribution is -0.143. The van der Waals surface area contributed by atoms with E-state index in [1.54, 1.807) is 0 Å². The maximum absolute atomic E-state index is 11.5. The molecule has 1 saturated heterocycles. The van der Waals surface area contributed by atoms with Gasteiger partial charge in [0.05, 0.1) is 12.0 Å². The summed E-state index contributed by atoms with van der Waals surface area (Å²) >= 11 is 5.34. The molecule has 0 spiro atoms. The molecule has 1 fully saturated rings. The van der Waals surface area contributed by atoms with E-state index in [9.17, 15) is 9.90 Å². The summed E-state index contributed by atoms with van der Waals surface area (Å²) < 4.78 is 1.06. The van der Waals surface area contributed by atoms with Gasteiger partial charge in [0, 0.05) is 20.8 Å². The minimum atomic E-state index is -0.672. The number of benzene rings is 1. The quantitative estimate of drug-likeness (QED) is 0.761. The second kappa shape index (κ2) is 7.81. The molecule has 128 valence electrons. The minimum Gasteiger partial charge on any atom is -0.481 e. The van der Waals surface area contributed by atoms with E-state index < -0.39 is 5.97 Å². The van der Waals surface area contributed by atoms with Crippen LogP contribution in [-0.2, 0) is 11.2 Å². The lowest BCUT2D eigenvalue weighted by atomic mass is 9.94. The summed E-state index contributed by atoms with van der Waals surface area (Å²) in [6.07, 6.45) is 2.76. The van der Waals surface area contributed by atoms with Crippen molar-refractivity contribution in [1.82, 2.24) is 4.90 Å². The Morgan fingerprint density at radius 1 is 1.33 bits per heavy atom. The number of thiophene rings is 1. The summed E-state index contributed by atoms with van der Waals surface area (Å²) in [5, 5.41) is 9.43. The van der Waals surface area contributed by atoms with Crippen LogP contribution >= 0.6 is 27.3 Å². The Bertz CT molecular complexity index is 698. The predicted molar refractivity (Wildman–Crippen MR) is 102 cm³/mol. The van der Waals surface area contributed by atoms with E-state index in [-0.39, 0.29) is 12.0 Å². The number of hydrogen-bond donors (Lipinski definition) is 1. The van der Waals surface area contributed by atoms with Crippen molar-refractivity contribution in [2.75, 3.05) is 13.1 Å². The van der Waals surface area contributed by atoms with E-state index in [4.69, 9.17) is 0 Å². The molecular formula is C19H22BrNO2S. The highest BCUT2D eigenvalue weighted by Crippen LogP contribution is 2.36. The van der Waals surface area contributed by atoms with Gasteiger partial charge in [-0.1, -0.05) is 35.0 Å². The van der Waals surface area contributed by atoms with Crippen molar-refractivity contribution in [3.05, 3.63) is 56.2 Å². The fourth-order valence-corrected chi connectivity index (χ4v) is 4.75. The third-order valence-corrected chi connectivity index (χ3v) is 6.46. The lowest BCUT2D eigenvalue weighted by Gasteiger charge is -2.37. The Kier molecular flexibility index (Phi) is 5.74. The van der Waals surface area contributed by atoms with Gasteiger partial charge in [0.1, 0.15) is 0 Å². The van der Waals surface area contributed by atoms with Crippen LogP contribution in [-0.4, -0.2) is 29.1 Å². The summed E-state index contributed by atoms with van der Waals surface area (Å²) in [6.45, 7) is 3.74. The van der Waals surface area contributed by atoms with Crippen LogP contribution in [0.25, 0.3) is 0 Å². The maximum Gasteiger partial charge on any atom is 0.307 e. The molecule has 0 saturated carbocycles. The van der Waals surface area contributed by atoms with E-state index >= 15 is 0 Å². The zero-order chi connectivity index (χ0) is 17.1. The molecule has 2 aromatic rings. The summed E-state index contributed by atoms with van der Waals surface area (Å²) in [6, 6.07) is 13.0. The topological polar surface area (TPSA) is 40.5 Å². The number of aryl methyl sites for hydroxylation is 1. The summed E-state index contributed by atoms with van der Waals surface area (Å²) in [7, 11) is 0. The van der Waals surface area contributed by atoms with Crippen molar-refractivity contribution in [3.63, 3.8) is 0 Å². The van der Waals surface area contributed by atoms with Crippen LogP contribution in [0.4, 0.5) is 0 Å². The molecule has 0 bridgehead atoms. The fourth-order valence-electron chi connectivity index (χ4n) is 3.37. The fraction of sp³-hybridized carbons (Fsp3) is 0.421. The summed E-state index contributed by atoms with van der Waals surface area (Å²) in [5.74, 6) is -0.933. The van der Waals surface area contributed by atoms with E-state index in [0.717, 1.165) is 30.3 Å². The third-order valence-electron chi connectivity index (χ3n) is 4.65. The SMILES string of the molecule is CCc1ccc(C(c2ccc(Br)cc2)N2CCCC(C(=O)O)C2)s1. The highest BCUT2D eigenvalue weighted by molar-refractivity contribution is 9.10. The van der Waals surface area contributed by atoms with Crippen LogP contribution in [0.15, 0.2) is 40.9 Å². The molecule has 0 radical (unpaired) electrons. The van der Waals surface area contributed by atoms with Gasteiger partial charge in [-0.15, -0.1) is 11.3 Å². The Balaban J connectivity index is 1.95. The van der Waals surface area contributed by atoms with Gasteiger partial charge < -0.3 is 5.11 Å². The molecule has 1 aromatic carbocycles. The normalized spacial score (nSPS) is 20.0. The van der Waals surface area contributed by atoms with Crippen molar-refractivity contribution in [3.8, 4) is 0 Å². The van der Waals surface area contributed by atoms with Gasteiger partial charge in [-0.2, -0.15) is 0 Å². The third kappa shape index (κ3) is 3.90. The van der Waals surface area contributed by atoms with Crippen LogP contribution < -0.4 is 0 Å². The molecule has 3 rings (SSSR count). The molecule has 5 heteroatoms. The minimum absolute atomic E-state index is 0.144. The number of carboxylic acids is 1. The van der Waals surface area contributed by atoms with Gasteiger partial charge in [0.15, 0.2) is 0 Å². The Hall–Kier alpha value is -1.17. The number of rotatable bonds is 5. The smallest absolute Gasteiger partial charge is 0.307 e.